The highest BCUT2D eigenvalue weighted by molar-refractivity contribution is 6.33. The third kappa shape index (κ3) is 1.54. The Balaban J connectivity index is 2.20. The lowest BCUT2D eigenvalue weighted by Crippen LogP contribution is -2.01. The SMILES string of the molecule is O=C(O)c1cnc2nc(-c3ccccc3Cl)[nH]n12. The van der Waals surface area contributed by atoms with Gasteiger partial charge in [0.05, 0.1) is 11.2 Å². The first kappa shape index (κ1) is 10.8. The molecule has 0 fully saturated rings. The number of aromatic amines is 1. The Morgan fingerprint density at radius 3 is 2.89 bits per heavy atom. The molecule has 3 rings (SSSR count). The fourth-order valence-corrected chi connectivity index (χ4v) is 1.91. The van der Waals surface area contributed by atoms with E-state index in [4.69, 9.17) is 16.7 Å². The fraction of sp³-hybridized carbons (Fsp3) is 0. The van der Waals surface area contributed by atoms with Gasteiger partial charge in [0.25, 0.3) is 5.78 Å². The normalized spacial score (nSPS) is 10.9. The van der Waals surface area contributed by atoms with Gasteiger partial charge in [0, 0.05) is 5.56 Å². The number of nitrogens with one attached hydrogen (secondary N) is 1. The van der Waals surface area contributed by atoms with Crippen LogP contribution >= 0.6 is 11.6 Å². The zero-order valence-corrected chi connectivity index (χ0v) is 9.72. The molecule has 2 N–H and O–H groups in total. The van der Waals surface area contributed by atoms with Crippen molar-refractivity contribution in [2.24, 2.45) is 0 Å². The Morgan fingerprint density at radius 2 is 2.17 bits per heavy atom. The van der Waals surface area contributed by atoms with Crippen LogP contribution in [0.5, 0.6) is 0 Å². The summed E-state index contributed by atoms with van der Waals surface area (Å²) in [4.78, 5) is 19.1. The summed E-state index contributed by atoms with van der Waals surface area (Å²) in [7, 11) is 0. The van der Waals surface area contributed by atoms with Crippen LogP contribution in [0.25, 0.3) is 17.2 Å². The van der Waals surface area contributed by atoms with E-state index in [0.717, 1.165) is 0 Å². The zero-order valence-electron chi connectivity index (χ0n) is 8.96. The van der Waals surface area contributed by atoms with Gasteiger partial charge in [-0.2, -0.15) is 4.98 Å². The second-order valence-electron chi connectivity index (χ2n) is 3.64. The molecular formula is C11H7ClN4O2. The van der Waals surface area contributed by atoms with Gasteiger partial charge in [-0.1, -0.05) is 23.7 Å². The minimum atomic E-state index is -1.07. The zero-order chi connectivity index (χ0) is 12.7. The summed E-state index contributed by atoms with van der Waals surface area (Å²) in [6.07, 6.45) is 1.25. The first-order valence-electron chi connectivity index (χ1n) is 5.08. The predicted octanol–water partition coefficient (Wildman–Crippen LogP) is 2.08. The average Bonchev–Trinajstić information content (AvgIpc) is 2.88. The van der Waals surface area contributed by atoms with E-state index in [2.05, 4.69) is 15.1 Å². The highest BCUT2D eigenvalue weighted by atomic mass is 35.5. The lowest BCUT2D eigenvalue weighted by Gasteiger charge is -1.98. The van der Waals surface area contributed by atoms with Crippen LogP contribution in [0, 0.1) is 0 Å². The van der Waals surface area contributed by atoms with Crippen molar-refractivity contribution in [2.75, 3.05) is 0 Å². The van der Waals surface area contributed by atoms with Crippen LogP contribution in [-0.2, 0) is 0 Å². The van der Waals surface area contributed by atoms with Gasteiger partial charge in [0.1, 0.15) is 0 Å². The molecule has 3 aromatic rings. The van der Waals surface area contributed by atoms with Crippen molar-refractivity contribution in [1.29, 1.82) is 0 Å². The van der Waals surface area contributed by atoms with Crippen LogP contribution in [0.3, 0.4) is 0 Å². The Kier molecular flexibility index (Phi) is 2.31. The predicted molar refractivity (Wildman–Crippen MR) is 64.7 cm³/mol. The number of H-pyrrole nitrogens is 1. The summed E-state index contributed by atoms with van der Waals surface area (Å²) in [6, 6.07) is 7.16. The van der Waals surface area contributed by atoms with E-state index < -0.39 is 5.97 Å². The van der Waals surface area contributed by atoms with E-state index in [1.54, 1.807) is 12.1 Å². The number of rotatable bonds is 2. The second kappa shape index (κ2) is 3.85. The molecule has 0 aliphatic heterocycles. The number of hydrogen-bond donors (Lipinski definition) is 2. The molecule has 0 aliphatic carbocycles. The second-order valence-corrected chi connectivity index (χ2v) is 4.04. The number of benzene rings is 1. The molecule has 0 bridgehead atoms. The summed E-state index contributed by atoms with van der Waals surface area (Å²) in [5.74, 6) is -0.301. The Hall–Kier alpha value is -2.34. The Labute approximate surface area is 106 Å². The van der Waals surface area contributed by atoms with E-state index in [1.807, 2.05) is 12.1 Å². The van der Waals surface area contributed by atoms with Crippen molar-refractivity contribution in [2.45, 2.75) is 0 Å². The monoisotopic (exact) mass is 262 g/mol. The molecule has 0 amide bonds. The lowest BCUT2D eigenvalue weighted by molar-refractivity contribution is 0.0688. The number of halogens is 1. The maximum absolute atomic E-state index is 11.0. The number of aromatic nitrogens is 4. The molecule has 7 heteroatoms. The quantitative estimate of drug-likeness (QED) is 0.741. The Morgan fingerprint density at radius 1 is 1.39 bits per heavy atom. The smallest absolute Gasteiger partial charge is 0.356 e. The number of carboxylic acids is 1. The summed E-state index contributed by atoms with van der Waals surface area (Å²) >= 11 is 6.05. The van der Waals surface area contributed by atoms with E-state index in [9.17, 15) is 4.79 Å². The van der Waals surface area contributed by atoms with Crippen LogP contribution in [0.2, 0.25) is 5.02 Å². The van der Waals surface area contributed by atoms with E-state index in [1.165, 1.54) is 10.7 Å². The maximum atomic E-state index is 11.0. The molecule has 0 spiro atoms. The van der Waals surface area contributed by atoms with Crippen molar-refractivity contribution in [1.82, 2.24) is 19.6 Å². The van der Waals surface area contributed by atoms with Crippen molar-refractivity contribution in [3.05, 3.63) is 41.2 Å². The molecule has 0 saturated carbocycles. The van der Waals surface area contributed by atoms with Gasteiger partial charge in [-0.05, 0) is 12.1 Å². The van der Waals surface area contributed by atoms with Crippen LogP contribution in [0.4, 0.5) is 0 Å². The van der Waals surface area contributed by atoms with Crippen molar-refractivity contribution < 1.29 is 9.90 Å². The van der Waals surface area contributed by atoms with Crippen molar-refractivity contribution in [3.63, 3.8) is 0 Å². The molecule has 2 aromatic heterocycles. The minimum Gasteiger partial charge on any atom is -0.476 e. The molecule has 0 aliphatic rings. The summed E-state index contributed by atoms with van der Waals surface area (Å²) in [6.45, 7) is 0. The van der Waals surface area contributed by atoms with Gasteiger partial charge in [-0.25, -0.2) is 14.3 Å². The molecule has 0 unspecified atom stereocenters. The third-order valence-electron chi connectivity index (χ3n) is 2.52. The molecule has 6 nitrogen and oxygen atoms in total. The number of hydrogen-bond acceptors (Lipinski definition) is 3. The lowest BCUT2D eigenvalue weighted by atomic mass is 10.2. The van der Waals surface area contributed by atoms with E-state index in [0.29, 0.717) is 22.2 Å². The Bertz CT molecular complexity index is 746. The molecular weight excluding hydrogens is 256 g/mol. The van der Waals surface area contributed by atoms with Crippen LogP contribution in [-0.4, -0.2) is 30.7 Å². The topological polar surface area (TPSA) is 83.3 Å². The highest BCUT2D eigenvalue weighted by Gasteiger charge is 2.15. The number of aromatic carboxylic acids is 1. The van der Waals surface area contributed by atoms with Gasteiger partial charge >= 0.3 is 5.97 Å². The van der Waals surface area contributed by atoms with Crippen LogP contribution in [0.1, 0.15) is 10.5 Å². The minimum absolute atomic E-state index is 0.0239. The van der Waals surface area contributed by atoms with Gasteiger partial charge in [0.2, 0.25) is 0 Å². The summed E-state index contributed by atoms with van der Waals surface area (Å²) in [5.41, 5.74) is 0.719. The first-order chi connectivity index (χ1) is 8.66. The van der Waals surface area contributed by atoms with Gasteiger partial charge in [-0.3, -0.25) is 5.10 Å². The number of fused-ring (bicyclic) bond motifs is 1. The largest absolute Gasteiger partial charge is 0.476 e. The summed E-state index contributed by atoms with van der Waals surface area (Å²) < 4.78 is 1.31. The average molecular weight is 263 g/mol. The molecule has 0 saturated heterocycles. The van der Waals surface area contributed by atoms with Crippen molar-refractivity contribution in [3.8, 4) is 11.4 Å². The number of carboxylic acid groups (broad SMARTS) is 1. The molecule has 0 radical (unpaired) electrons. The third-order valence-corrected chi connectivity index (χ3v) is 2.85. The van der Waals surface area contributed by atoms with Gasteiger partial charge in [0.15, 0.2) is 11.5 Å². The van der Waals surface area contributed by atoms with E-state index in [-0.39, 0.29) is 5.69 Å². The fourth-order valence-electron chi connectivity index (χ4n) is 1.69. The summed E-state index contributed by atoms with van der Waals surface area (Å²) in [5, 5.41) is 12.4. The van der Waals surface area contributed by atoms with E-state index >= 15 is 0 Å². The van der Waals surface area contributed by atoms with Crippen LogP contribution in [0.15, 0.2) is 30.5 Å². The molecule has 90 valence electrons. The first-order valence-corrected chi connectivity index (χ1v) is 5.46. The maximum Gasteiger partial charge on any atom is 0.356 e. The molecule has 1 aromatic carbocycles. The molecule has 18 heavy (non-hydrogen) atoms. The van der Waals surface area contributed by atoms with Crippen molar-refractivity contribution >= 4 is 23.3 Å². The van der Waals surface area contributed by atoms with Gasteiger partial charge < -0.3 is 5.11 Å². The van der Waals surface area contributed by atoms with Crippen LogP contribution < -0.4 is 0 Å². The molecule has 2 heterocycles. The van der Waals surface area contributed by atoms with Gasteiger partial charge in [-0.15, -0.1) is 0 Å². The number of imidazole rings is 1. The highest BCUT2D eigenvalue weighted by Crippen LogP contribution is 2.25. The number of nitrogens with zero attached hydrogens (tertiary/aromatic N) is 3. The molecule has 0 atom stereocenters. The standard InChI is InChI=1S/C11H7ClN4O2/c12-7-4-2-1-3-6(7)9-14-11-13-5-8(10(17)18)16(11)15-9/h1-5H,(H,17,18)(H,13,14,15). The number of carbonyl (C=O) groups is 1.